The minimum absolute atomic E-state index is 0.0168. The van der Waals surface area contributed by atoms with E-state index in [0.717, 1.165) is 17.6 Å². The Balaban J connectivity index is 1.36. The standard InChI is InChI=1S/C48H59N3O12/c1-23(2)11-10-16-46(8)17-15-27-38(61-46)26(13-12-24(3)4)40-31(39(27)60-43-37(55)36(54)35(53)29(22-52)59-43)33-32-34(51-20-19-49-44(51)50-33)28-21-30-45(6,7)63-47(41(28)56,48(30,32)62-40)18-14-25(5)42(57)58-9/h11-12,14-15,17,19-20,28-30,34-37,43,52-55H,10,13,16,18,21-22H2,1-9H3,(H,49,50)/b25-14-/t28?,29-,30?,34?,35-,36+,37-,43+,46?,47?,48?/m0/s1. The first-order valence-corrected chi connectivity index (χ1v) is 21.9. The zero-order valence-corrected chi connectivity index (χ0v) is 37.4. The van der Waals surface area contributed by atoms with Crippen molar-refractivity contribution in [1.29, 1.82) is 0 Å². The van der Waals surface area contributed by atoms with Crippen molar-refractivity contribution in [2.75, 3.05) is 19.0 Å². The molecular weight excluding hydrogens is 811 g/mol. The van der Waals surface area contributed by atoms with Gasteiger partial charge in [0.15, 0.2) is 17.0 Å². The SMILES string of the molecule is COC(=O)/C(C)=C\CC12OC(C)(C)C3CC(C1=O)C1C4=C(Nc5nccn51)c1c(O[C@H]5O[C@@H](CO)[C@H](O)[C@@H](O)[C@@H]5O)c5c(c(CC=C(C)C)c1OC432)OC(C)(CCC=C(C)C)C=C5. The molecule has 3 saturated carbocycles. The molecule has 10 rings (SSSR count). The second-order valence-electron chi connectivity index (χ2n) is 19.4. The highest BCUT2D eigenvalue weighted by atomic mass is 16.7. The van der Waals surface area contributed by atoms with Gasteiger partial charge in [0.2, 0.25) is 12.2 Å². The molecule has 6 heterocycles. The van der Waals surface area contributed by atoms with E-state index in [1.807, 2.05) is 57.5 Å². The van der Waals surface area contributed by atoms with Crippen LogP contribution < -0.4 is 19.5 Å². The van der Waals surface area contributed by atoms with Crippen molar-refractivity contribution in [2.45, 2.75) is 147 Å². The topological polar surface area (TPSA) is 200 Å². The van der Waals surface area contributed by atoms with Crippen LogP contribution >= 0.6 is 0 Å². The summed E-state index contributed by atoms with van der Waals surface area (Å²) in [7, 11) is 1.32. The fourth-order valence-electron chi connectivity index (χ4n) is 11.3. The highest BCUT2D eigenvalue weighted by molar-refractivity contribution is 6.03. The fraction of sp³-hybridized carbons (Fsp3) is 0.562. The van der Waals surface area contributed by atoms with Gasteiger partial charge in [0, 0.05) is 47.4 Å². The summed E-state index contributed by atoms with van der Waals surface area (Å²) in [4.78, 5) is 33.1. The number of anilines is 1. The molecule has 0 amide bonds. The summed E-state index contributed by atoms with van der Waals surface area (Å²) >= 11 is 0. The Labute approximate surface area is 367 Å². The first kappa shape index (κ1) is 43.5. The number of aliphatic hydroxyl groups excluding tert-OH is 4. The molecule has 63 heavy (non-hydrogen) atoms. The maximum absolute atomic E-state index is 15.5. The molecule has 1 aromatic carbocycles. The minimum Gasteiger partial charge on any atom is -0.482 e. The minimum atomic E-state index is -1.73. The third-order valence-corrected chi connectivity index (χ3v) is 14.3. The van der Waals surface area contributed by atoms with E-state index in [1.165, 1.54) is 12.7 Å². The molecule has 338 valence electrons. The molecule has 15 heteroatoms. The number of hydrogen-bond acceptors (Lipinski definition) is 14. The van der Waals surface area contributed by atoms with Crippen molar-refractivity contribution in [3.05, 3.63) is 75.7 Å². The largest absolute Gasteiger partial charge is 0.482 e. The summed E-state index contributed by atoms with van der Waals surface area (Å²) < 4.78 is 42.0. The average Bonchev–Trinajstić information content (AvgIpc) is 3.77. The zero-order valence-electron chi connectivity index (χ0n) is 37.4. The van der Waals surface area contributed by atoms with Gasteiger partial charge in [0.25, 0.3) is 0 Å². The quantitative estimate of drug-likeness (QED) is 0.111. The van der Waals surface area contributed by atoms with Gasteiger partial charge in [-0.25, -0.2) is 9.78 Å². The first-order chi connectivity index (χ1) is 29.8. The maximum Gasteiger partial charge on any atom is 0.333 e. The van der Waals surface area contributed by atoms with E-state index in [4.69, 9.17) is 33.4 Å². The zero-order chi connectivity index (χ0) is 45.1. The van der Waals surface area contributed by atoms with Crippen LogP contribution in [-0.2, 0) is 30.2 Å². The van der Waals surface area contributed by atoms with Crippen LogP contribution in [-0.4, -0.2) is 109 Å². The van der Waals surface area contributed by atoms with E-state index in [2.05, 4.69) is 31.3 Å². The Morgan fingerprint density at radius 2 is 1.76 bits per heavy atom. The Hall–Kier alpha value is -4.77. The van der Waals surface area contributed by atoms with E-state index in [0.29, 0.717) is 64.7 Å². The van der Waals surface area contributed by atoms with E-state index in [1.54, 1.807) is 19.2 Å². The Kier molecular flexibility index (Phi) is 10.5. The van der Waals surface area contributed by atoms with Crippen molar-refractivity contribution < 1.29 is 58.4 Å². The predicted octanol–water partition coefficient (Wildman–Crippen LogP) is 5.27. The third-order valence-electron chi connectivity index (χ3n) is 14.3. The monoisotopic (exact) mass is 869 g/mol. The lowest BCUT2D eigenvalue weighted by molar-refractivity contribution is -0.277. The van der Waals surface area contributed by atoms with Crippen molar-refractivity contribution in [3.63, 3.8) is 0 Å². The molecule has 1 aromatic heterocycles. The molecule has 5 N–H and O–H groups in total. The number of nitrogens with zero attached hydrogens (tertiary/aromatic N) is 2. The van der Waals surface area contributed by atoms with Gasteiger partial charge in [0.05, 0.1) is 42.2 Å². The second kappa shape index (κ2) is 15.2. The fourth-order valence-corrected chi connectivity index (χ4v) is 11.3. The molecular formula is C48H59N3O12. The van der Waals surface area contributed by atoms with Crippen molar-refractivity contribution in [3.8, 4) is 17.2 Å². The lowest BCUT2D eigenvalue weighted by Gasteiger charge is -2.62. The number of methoxy groups -OCH3 is 1. The van der Waals surface area contributed by atoms with Crippen LogP contribution in [0.3, 0.4) is 0 Å². The average molecular weight is 870 g/mol. The number of ketones is 1. The van der Waals surface area contributed by atoms with Gasteiger partial charge in [-0.1, -0.05) is 29.4 Å². The number of aromatic nitrogens is 2. The van der Waals surface area contributed by atoms with Crippen molar-refractivity contribution in [1.82, 2.24) is 9.55 Å². The number of hydrogen-bond donors (Lipinski definition) is 5. The molecule has 2 saturated heterocycles. The number of allylic oxidation sites excluding steroid dienone is 4. The highest BCUT2D eigenvalue weighted by Gasteiger charge is 2.84. The van der Waals surface area contributed by atoms with E-state index in [-0.39, 0.29) is 23.9 Å². The van der Waals surface area contributed by atoms with Crippen LogP contribution in [0.4, 0.5) is 5.95 Å². The summed E-state index contributed by atoms with van der Waals surface area (Å²) in [6, 6.07) is -0.547. The highest BCUT2D eigenvalue weighted by Crippen LogP contribution is 2.74. The van der Waals surface area contributed by atoms with Gasteiger partial charge in [-0.15, -0.1) is 0 Å². The maximum atomic E-state index is 15.5. The summed E-state index contributed by atoms with van der Waals surface area (Å²) in [5.41, 5.74) is 0.825. The number of ether oxygens (including phenoxy) is 6. The summed E-state index contributed by atoms with van der Waals surface area (Å²) in [6.07, 6.45) is 7.74. The molecule has 4 bridgehead atoms. The van der Waals surface area contributed by atoms with Crippen molar-refractivity contribution >= 4 is 29.5 Å². The molecule has 8 aliphatic rings. The van der Waals surface area contributed by atoms with Crippen LogP contribution in [0, 0.1) is 11.8 Å². The molecule has 5 aliphatic heterocycles. The Morgan fingerprint density at radius 3 is 2.46 bits per heavy atom. The van der Waals surface area contributed by atoms with Gasteiger partial charge in [-0.05, 0) is 93.2 Å². The summed E-state index contributed by atoms with van der Waals surface area (Å²) in [6.45, 7) is 15.1. The first-order valence-electron chi connectivity index (χ1n) is 21.9. The van der Waals surface area contributed by atoms with Crippen LogP contribution in [0.15, 0.2) is 59.0 Å². The van der Waals surface area contributed by atoms with E-state index < -0.39 is 77.6 Å². The third kappa shape index (κ3) is 6.32. The lowest BCUT2D eigenvalue weighted by atomic mass is 9.47. The molecule has 0 radical (unpaired) electrons. The number of carbonyl (C=O) groups is 2. The molecule has 15 nitrogen and oxygen atoms in total. The van der Waals surface area contributed by atoms with Gasteiger partial charge >= 0.3 is 5.97 Å². The van der Waals surface area contributed by atoms with Gasteiger partial charge in [0.1, 0.15) is 47.3 Å². The van der Waals surface area contributed by atoms with E-state index in [9.17, 15) is 25.2 Å². The number of rotatable bonds is 11. The van der Waals surface area contributed by atoms with Gasteiger partial charge < -0.3 is 58.7 Å². The van der Waals surface area contributed by atoms with Crippen molar-refractivity contribution in [2.24, 2.45) is 11.8 Å². The second-order valence-corrected chi connectivity index (χ2v) is 19.4. The number of esters is 1. The number of aliphatic hydroxyl groups is 4. The molecule has 3 aliphatic carbocycles. The number of carbonyl (C=O) groups excluding carboxylic acids is 2. The molecule has 2 aromatic rings. The van der Waals surface area contributed by atoms with Crippen LogP contribution in [0.25, 0.3) is 11.8 Å². The normalized spacial score (nSPS) is 35.0. The van der Waals surface area contributed by atoms with E-state index >= 15 is 4.79 Å². The number of imidazole rings is 1. The number of Topliss-reactive ketones (excluding diaryl/α,β-unsaturated/α-hetero) is 1. The molecule has 6 unspecified atom stereocenters. The van der Waals surface area contributed by atoms with Crippen LogP contribution in [0.5, 0.6) is 17.2 Å². The predicted molar refractivity (Wildman–Crippen MR) is 231 cm³/mol. The summed E-state index contributed by atoms with van der Waals surface area (Å²) in [5, 5.41) is 47.0. The van der Waals surface area contributed by atoms with Gasteiger partial charge in [-0.3, -0.25) is 4.79 Å². The summed E-state index contributed by atoms with van der Waals surface area (Å²) in [5.74, 6) is -0.0976. The van der Waals surface area contributed by atoms with Crippen LogP contribution in [0.1, 0.15) is 104 Å². The number of nitrogens with one attached hydrogen (secondary N) is 1. The smallest absolute Gasteiger partial charge is 0.333 e. The Bertz CT molecular complexity index is 2420. The molecule has 5 fully saturated rings. The molecule has 1 spiro atoms. The van der Waals surface area contributed by atoms with Gasteiger partial charge in [-0.2, -0.15) is 0 Å². The van der Waals surface area contributed by atoms with Crippen LogP contribution in [0.2, 0.25) is 0 Å². The Morgan fingerprint density at radius 1 is 1.02 bits per heavy atom. The number of fused-ring (bicyclic) bond motifs is 4. The molecule has 11 atom stereocenters. The lowest BCUT2D eigenvalue weighted by Crippen LogP contribution is -2.75. The number of benzene rings is 1.